The maximum atomic E-state index is 12.3. The molecule has 15 heavy (non-hydrogen) atoms. The van der Waals surface area contributed by atoms with Crippen molar-refractivity contribution in [1.82, 2.24) is 0 Å². The Morgan fingerprint density at radius 1 is 1.33 bits per heavy atom. The van der Waals surface area contributed by atoms with Crippen molar-refractivity contribution in [3.63, 3.8) is 0 Å². The second kappa shape index (κ2) is 3.56. The minimum Gasteiger partial charge on any atom is -0.507 e. The molecule has 5 heteroatoms. The molecule has 0 aromatic heterocycles. The topological polar surface area (TPSA) is 37.3 Å². The number of aromatic hydroxyl groups is 1. The lowest BCUT2D eigenvalue weighted by Crippen LogP contribution is -2.08. The van der Waals surface area contributed by atoms with E-state index in [-0.39, 0.29) is 16.9 Å². The van der Waals surface area contributed by atoms with E-state index < -0.39 is 17.5 Å². The number of hydrogen-bond donors (Lipinski definition) is 1. The molecule has 0 aliphatic rings. The minimum absolute atomic E-state index is 0.0441. The number of Topliss-reactive ketones (excluding diaryl/α,β-unsaturated/α-hetero) is 1. The largest absolute Gasteiger partial charge is 0.507 e. The number of carbonyl (C=O) groups is 1. The van der Waals surface area contributed by atoms with Gasteiger partial charge in [0.25, 0.3) is 0 Å². The Hall–Kier alpha value is -1.52. The van der Waals surface area contributed by atoms with Crippen molar-refractivity contribution in [3.8, 4) is 5.75 Å². The molecule has 0 atom stereocenters. The van der Waals surface area contributed by atoms with Gasteiger partial charge in [0.15, 0.2) is 5.78 Å². The van der Waals surface area contributed by atoms with Gasteiger partial charge in [-0.2, -0.15) is 13.2 Å². The molecular formula is C10H9F3O2. The van der Waals surface area contributed by atoms with Crippen LogP contribution in [0.4, 0.5) is 13.2 Å². The van der Waals surface area contributed by atoms with Gasteiger partial charge in [0, 0.05) is 11.1 Å². The third kappa shape index (κ3) is 2.11. The van der Waals surface area contributed by atoms with Crippen LogP contribution in [0.15, 0.2) is 12.1 Å². The third-order valence-electron chi connectivity index (χ3n) is 2.12. The minimum atomic E-state index is -4.61. The smallest absolute Gasteiger partial charge is 0.419 e. The van der Waals surface area contributed by atoms with Crippen LogP contribution in [0.1, 0.15) is 28.4 Å². The van der Waals surface area contributed by atoms with Gasteiger partial charge < -0.3 is 5.11 Å². The van der Waals surface area contributed by atoms with Crippen molar-refractivity contribution in [2.24, 2.45) is 0 Å². The van der Waals surface area contributed by atoms with Crippen LogP contribution in [0.5, 0.6) is 5.75 Å². The second-order valence-electron chi connectivity index (χ2n) is 3.19. The highest BCUT2D eigenvalue weighted by Crippen LogP contribution is 2.38. The number of rotatable bonds is 1. The first-order chi connectivity index (χ1) is 6.75. The Morgan fingerprint density at radius 3 is 2.27 bits per heavy atom. The van der Waals surface area contributed by atoms with Crippen LogP contribution >= 0.6 is 0 Å². The van der Waals surface area contributed by atoms with Crippen LogP contribution in [0.2, 0.25) is 0 Å². The van der Waals surface area contributed by atoms with Gasteiger partial charge in [-0.3, -0.25) is 4.79 Å². The zero-order valence-corrected chi connectivity index (χ0v) is 8.14. The lowest BCUT2D eigenvalue weighted by Gasteiger charge is -2.12. The number of ketones is 1. The SMILES string of the molecule is CC(=O)c1ccc(C(F)(F)F)c(O)c1C. The number of hydrogen-bond acceptors (Lipinski definition) is 2. The van der Waals surface area contributed by atoms with Gasteiger partial charge in [-0.05, 0) is 19.9 Å². The highest BCUT2D eigenvalue weighted by atomic mass is 19.4. The van der Waals surface area contributed by atoms with Crippen LogP contribution in [0.3, 0.4) is 0 Å². The van der Waals surface area contributed by atoms with Gasteiger partial charge in [0.05, 0.1) is 5.56 Å². The lowest BCUT2D eigenvalue weighted by molar-refractivity contribution is -0.138. The average molecular weight is 218 g/mol. The Kier molecular flexibility index (Phi) is 2.75. The molecule has 1 N–H and O–H groups in total. The highest BCUT2D eigenvalue weighted by molar-refractivity contribution is 5.96. The summed E-state index contributed by atoms with van der Waals surface area (Å²) >= 11 is 0. The third-order valence-corrected chi connectivity index (χ3v) is 2.12. The highest BCUT2D eigenvalue weighted by Gasteiger charge is 2.34. The van der Waals surface area contributed by atoms with E-state index in [1.165, 1.54) is 13.8 Å². The number of phenolic OH excluding ortho intramolecular Hbond substituents is 1. The molecule has 1 aromatic rings. The van der Waals surface area contributed by atoms with Gasteiger partial charge in [-0.15, -0.1) is 0 Å². The van der Waals surface area contributed by atoms with Crippen molar-refractivity contribution in [2.75, 3.05) is 0 Å². The molecule has 82 valence electrons. The molecule has 0 unspecified atom stereocenters. The summed E-state index contributed by atoms with van der Waals surface area (Å²) in [7, 11) is 0. The van der Waals surface area contributed by atoms with Crippen LogP contribution in [-0.4, -0.2) is 10.9 Å². The zero-order chi connectivity index (χ0) is 11.8. The summed E-state index contributed by atoms with van der Waals surface area (Å²) in [5.41, 5.74) is -1.07. The predicted octanol–water partition coefficient (Wildman–Crippen LogP) is 2.92. The van der Waals surface area contributed by atoms with E-state index in [0.717, 1.165) is 6.07 Å². The fourth-order valence-corrected chi connectivity index (χ4v) is 1.31. The van der Waals surface area contributed by atoms with Crippen LogP contribution < -0.4 is 0 Å². The van der Waals surface area contributed by atoms with Crippen LogP contribution in [-0.2, 0) is 6.18 Å². The Balaban J connectivity index is 3.41. The molecule has 0 spiro atoms. The summed E-state index contributed by atoms with van der Waals surface area (Å²) in [6, 6.07) is 1.78. The summed E-state index contributed by atoms with van der Waals surface area (Å²) in [5.74, 6) is -1.26. The van der Waals surface area contributed by atoms with E-state index in [9.17, 15) is 23.1 Å². The summed E-state index contributed by atoms with van der Waals surface area (Å²) < 4.78 is 36.9. The number of halogens is 3. The quantitative estimate of drug-likeness (QED) is 0.736. The zero-order valence-electron chi connectivity index (χ0n) is 8.14. The normalized spacial score (nSPS) is 11.5. The molecule has 0 radical (unpaired) electrons. The monoisotopic (exact) mass is 218 g/mol. The fraction of sp³-hybridized carbons (Fsp3) is 0.300. The van der Waals surface area contributed by atoms with E-state index in [1.807, 2.05) is 0 Å². The van der Waals surface area contributed by atoms with E-state index >= 15 is 0 Å². The molecule has 0 amide bonds. The molecule has 0 saturated heterocycles. The van der Waals surface area contributed by atoms with Gasteiger partial charge in [0.2, 0.25) is 0 Å². The van der Waals surface area contributed by atoms with Crippen molar-refractivity contribution in [1.29, 1.82) is 0 Å². The first-order valence-corrected chi connectivity index (χ1v) is 4.16. The van der Waals surface area contributed by atoms with Gasteiger partial charge >= 0.3 is 6.18 Å². The van der Waals surface area contributed by atoms with Gasteiger partial charge in [-0.1, -0.05) is 6.07 Å². The molecule has 1 rings (SSSR count). The van der Waals surface area contributed by atoms with Gasteiger partial charge in [0.1, 0.15) is 5.75 Å². The molecule has 1 aromatic carbocycles. The summed E-state index contributed by atoms with van der Waals surface area (Å²) in [6.45, 7) is 2.51. The number of benzene rings is 1. The summed E-state index contributed by atoms with van der Waals surface area (Å²) in [6.07, 6.45) is -4.61. The van der Waals surface area contributed by atoms with Crippen molar-refractivity contribution < 1.29 is 23.1 Å². The molecule has 0 aliphatic heterocycles. The Bertz CT molecular complexity index is 408. The van der Waals surface area contributed by atoms with E-state index in [0.29, 0.717) is 6.07 Å². The Morgan fingerprint density at radius 2 is 1.87 bits per heavy atom. The number of carbonyl (C=O) groups excluding carboxylic acids is 1. The first-order valence-electron chi connectivity index (χ1n) is 4.16. The molecule has 0 bridgehead atoms. The standard InChI is InChI=1S/C10H9F3O2/c1-5-7(6(2)14)3-4-8(9(5)15)10(11,12)13/h3-4,15H,1-2H3. The molecular weight excluding hydrogens is 209 g/mol. The second-order valence-corrected chi connectivity index (χ2v) is 3.19. The van der Waals surface area contributed by atoms with E-state index in [2.05, 4.69) is 0 Å². The van der Waals surface area contributed by atoms with E-state index in [1.54, 1.807) is 0 Å². The Labute approximate surface area is 84.3 Å². The molecule has 0 heterocycles. The van der Waals surface area contributed by atoms with Crippen molar-refractivity contribution in [3.05, 3.63) is 28.8 Å². The average Bonchev–Trinajstić information content (AvgIpc) is 2.06. The maximum Gasteiger partial charge on any atom is 0.419 e. The van der Waals surface area contributed by atoms with Crippen LogP contribution in [0.25, 0.3) is 0 Å². The molecule has 0 saturated carbocycles. The molecule has 2 nitrogen and oxygen atoms in total. The van der Waals surface area contributed by atoms with Crippen molar-refractivity contribution in [2.45, 2.75) is 20.0 Å². The maximum absolute atomic E-state index is 12.3. The van der Waals surface area contributed by atoms with Gasteiger partial charge in [-0.25, -0.2) is 0 Å². The van der Waals surface area contributed by atoms with E-state index in [4.69, 9.17) is 0 Å². The van der Waals surface area contributed by atoms with Crippen LogP contribution in [0, 0.1) is 6.92 Å². The summed E-state index contributed by atoms with van der Waals surface area (Å²) in [5, 5.41) is 9.29. The van der Waals surface area contributed by atoms with Crippen molar-refractivity contribution >= 4 is 5.78 Å². The fourth-order valence-electron chi connectivity index (χ4n) is 1.31. The first kappa shape index (κ1) is 11.6. The predicted molar refractivity (Wildman–Crippen MR) is 47.9 cm³/mol. The molecule has 0 fully saturated rings. The summed E-state index contributed by atoms with van der Waals surface area (Å²) in [4.78, 5) is 11.0. The molecule has 0 aliphatic carbocycles. The lowest BCUT2D eigenvalue weighted by atomic mass is 10.0. The number of phenols is 1. The number of alkyl halides is 3.